The first-order valence-electron chi connectivity index (χ1n) is 4.54. The average molecular weight is 197 g/mol. The van der Waals surface area contributed by atoms with E-state index in [-0.39, 0.29) is 5.91 Å². The summed E-state index contributed by atoms with van der Waals surface area (Å²) in [5, 5.41) is 13.2. The molecule has 0 saturated carbocycles. The summed E-state index contributed by atoms with van der Waals surface area (Å²) in [4.78, 5) is 11.2. The number of aromatic nitrogens is 3. The van der Waals surface area contributed by atoms with Gasteiger partial charge in [-0.15, -0.1) is 10.2 Å². The number of amides is 1. The highest BCUT2D eigenvalue weighted by Crippen LogP contribution is 1.89. The first-order chi connectivity index (χ1) is 6.74. The molecule has 6 heteroatoms. The summed E-state index contributed by atoms with van der Waals surface area (Å²) in [5.74, 6) is 0.713. The standard InChI is InChI=1S/C8H15N5O/c1-3-9-5-8(14)10-4-7-12-11-6-13(7)2/h6,9H,3-5H2,1-2H3,(H,10,14). The van der Waals surface area contributed by atoms with Crippen LogP contribution in [0.15, 0.2) is 6.33 Å². The molecular formula is C8H15N5O. The maximum absolute atomic E-state index is 11.2. The van der Waals surface area contributed by atoms with Gasteiger partial charge >= 0.3 is 0 Å². The third kappa shape index (κ3) is 3.14. The number of hydrogen-bond acceptors (Lipinski definition) is 4. The van der Waals surface area contributed by atoms with Gasteiger partial charge in [0, 0.05) is 7.05 Å². The molecule has 0 fully saturated rings. The highest BCUT2D eigenvalue weighted by Gasteiger charge is 2.03. The van der Waals surface area contributed by atoms with E-state index in [0.717, 1.165) is 12.4 Å². The van der Waals surface area contributed by atoms with Crippen molar-refractivity contribution < 1.29 is 4.79 Å². The smallest absolute Gasteiger partial charge is 0.234 e. The van der Waals surface area contributed by atoms with Gasteiger partial charge < -0.3 is 15.2 Å². The van der Waals surface area contributed by atoms with Crippen LogP contribution in [0.1, 0.15) is 12.7 Å². The molecule has 0 aliphatic heterocycles. The van der Waals surface area contributed by atoms with Gasteiger partial charge in [0.05, 0.1) is 13.1 Å². The first kappa shape index (κ1) is 10.6. The molecule has 0 aliphatic rings. The van der Waals surface area contributed by atoms with Crippen molar-refractivity contribution in [3.63, 3.8) is 0 Å². The van der Waals surface area contributed by atoms with E-state index in [1.807, 2.05) is 14.0 Å². The van der Waals surface area contributed by atoms with Crippen LogP contribution in [-0.2, 0) is 18.4 Å². The molecule has 78 valence electrons. The van der Waals surface area contributed by atoms with E-state index in [2.05, 4.69) is 20.8 Å². The van der Waals surface area contributed by atoms with Gasteiger partial charge in [0.15, 0.2) is 5.82 Å². The Bertz CT molecular complexity index is 296. The molecule has 0 bridgehead atoms. The second-order valence-electron chi connectivity index (χ2n) is 2.92. The van der Waals surface area contributed by atoms with Crippen LogP contribution in [0.25, 0.3) is 0 Å². The number of nitrogens with zero attached hydrogens (tertiary/aromatic N) is 3. The molecular weight excluding hydrogens is 182 g/mol. The summed E-state index contributed by atoms with van der Waals surface area (Å²) < 4.78 is 1.77. The van der Waals surface area contributed by atoms with Gasteiger partial charge in [-0.2, -0.15) is 0 Å². The second kappa shape index (κ2) is 5.33. The molecule has 0 atom stereocenters. The third-order valence-electron chi connectivity index (χ3n) is 1.78. The van der Waals surface area contributed by atoms with Gasteiger partial charge in [-0.05, 0) is 6.54 Å². The number of rotatable bonds is 5. The fourth-order valence-electron chi connectivity index (χ4n) is 0.946. The first-order valence-corrected chi connectivity index (χ1v) is 4.54. The summed E-state index contributed by atoms with van der Waals surface area (Å²) in [6, 6.07) is 0. The molecule has 0 radical (unpaired) electrons. The number of nitrogens with one attached hydrogen (secondary N) is 2. The molecule has 1 amide bonds. The lowest BCUT2D eigenvalue weighted by molar-refractivity contribution is -0.120. The Labute approximate surface area is 82.7 Å². The number of carbonyl (C=O) groups excluding carboxylic acids is 1. The predicted molar refractivity (Wildman–Crippen MR) is 51.4 cm³/mol. The number of likely N-dealkylation sites (N-methyl/N-ethyl adjacent to an activating group) is 1. The molecule has 6 nitrogen and oxygen atoms in total. The topological polar surface area (TPSA) is 71.8 Å². The molecule has 2 N–H and O–H groups in total. The summed E-state index contributed by atoms with van der Waals surface area (Å²) in [6.45, 7) is 3.50. The van der Waals surface area contributed by atoms with Crippen LogP contribution in [0.3, 0.4) is 0 Å². The van der Waals surface area contributed by atoms with E-state index < -0.39 is 0 Å². The van der Waals surface area contributed by atoms with Crippen LogP contribution in [0.4, 0.5) is 0 Å². The lowest BCUT2D eigenvalue weighted by atomic mass is 10.5. The molecule has 0 spiro atoms. The molecule has 1 rings (SSSR count). The Morgan fingerprint density at radius 1 is 1.64 bits per heavy atom. The van der Waals surface area contributed by atoms with Crippen molar-refractivity contribution in [1.29, 1.82) is 0 Å². The van der Waals surface area contributed by atoms with Crippen molar-refractivity contribution in [3.05, 3.63) is 12.2 Å². The van der Waals surface area contributed by atoms with Crippen LogP contribution in [0.2, 0.25) is 0 Å². The van der Waals surface area contributed by atoms with Crippen LogP contribution in [0.5, 0.6) is 0 Å². The zero-order valence-electron chi connectivity index (χ0n) is 8.45. The molecule has 0 aromatic carbocycles. The Balaban J connectivity index is 2.27. The maximum atomic E-state index is 11.2. The number of hydrogen-bond donors (Lipinski definition) is 2. The Kier molecular flexibility index (Phi) is 4.06. The molecule has 1 aromatic rings. The SMILES string of the molecule is CCNCC(=O)NCc1nncn1C. The van der Waals surface area contributed by atoms with E-state index in [1.54, 1.807) is 10.9 Å². The van der Waals surface area contributed by atoms with Crippen LogP contribution in [0, 0.1) is 0 Å². The second-order valence-corrected chi connectivity index (χ2v) is 2.92. The van der Waals surface area contributed by atoms with E-state index in [0.29, 0.717) is 13.1 Å². The molecule has 0 saturated heterocycles. The van der Waals surface area contributed by atoms with Crippen molar-refractivity contribution in [2.45, 2.75) is 13.5 Å². The predicted octanol–water partition coefficient (Wildman–Crippen LogP) is -0.959. The van der Waals surface area contributed by atoms with Crippen molar-refractivity contribution in [3.8, 4) is 0 Å². The fourth-order valence-corrected chi connectivity index (χ4v) is 0.946. The normalized spacial score (nSPS) is 10.1. The lowest BCUT2D eigenvalue weighted by Crippen LogP contribution is -2.33. The fraction of sp³-hybridized carbons (Fsp3) is 0.625. The summed E-state index contributed by atoms with van der Waals surface area (Å²) in [7, 11) is 1.84. The highest BCUT2D eigenvalue weighted by atomic mass is 16.1. The minimum absolute atomic E-state index is 0.0325. The van der Waals surface area contributed by atoms with Gasteiger partial charge in [-0.25, -0.2) is 0 Å². The van der Waals surface area contributed by atoms with E-state index in [1.165, 1.54) is 0 Å². The van der Waals surface area contributed by atoms with Gasteiger partial charge in [-0.1, -0.05) is 6.92 Å². The Morgan fingerprint density at radius 3 is 3.00 bits per heavy atom. The monoisotopic (exact) mass is 197 g/mol. The quantitative estimate of drug-likeness (QED) is 0.638. The Morgan fingerprint density at radius 2 is 2.43 bits per heavy atom. The molecule has 14 heavy (non-hydrogen) atoms. The van der Waals surface area contributed by atoms with Gasteiger partial charge in [0.25, 0.3) is 0 Å². The number of carbonyl (C=O) groups is 1. The zero-order chi connectivity index (χ0) is 10.4. The Hall–Kier alpha value is -1.43. The van der Waals surface area contributed by atoms with Crippen molar-refractivity contribution in [2.75, 3.05) is 13.1 Å². The van der Waals surface area contributed by atoms with Crippen LogP contribution >= 0.6 is 0 Å². The van der Waals surface area contributed by atoms with Gasteiger partial charge in [0.2, 0.25) is 5.91 Å². The molecule has 1 aromatic heterocycles. The summed E-state index contributed by atoms with van der Waals surface area (Å²) in [5.41, 5.74) is 0. The van der Waals surface area contributed by atoms with Crippen LogP contribution in [-0.4, -0.2) is 33.8 Å². The molecule has 0 aliphatic carbocycles. The molecule has 1 heterocycles. The van der Waals surface area contributed by atoms with Crippen molar-refractivity contribution in [2.24, 2.45) is 7.05 Å². The lowest BCUT2D eigenvalue weighted by Gasteiger charge is -2.04. The van der Waals surface area contributed by atoms with Crippen molar-refractivity contribution >= 4 is 5.91 Å². The number of aryl methyl sites for hydroxylation is 1. The average Bonchev–Trinajstić information content (AvgIpc) is 2.58. The minimum atomic E-state index is -0.0325. The van der Waals surface area contributed by atoms with Gasteiger partial charge in [-0.3, -0.25) is 4.79 Å². The third-order valence-corrected chi connectivity index (χ3v) is 1.78. The van der Waals surface area contributed by atoms with E-state index >= 15 is 0 Å². The largest absolute Gasteiger partial charge is 0.348 e. The van der Waals surface area contributed by atoms with Crippen molar-refractivity contribution in [1.82, 2.24) is 25.4 Å². The van der Waals surface area contributed by atoms with Crippen LogP contribution < -0.4 is 10.6 Å². The molecule has 0 unspecified atom stereocenters. The summed E-state index contributed by atoms with van der Waals surface area (Å²) >= 11 is 0. The van der Waals surface area contributed by atoms with E-state index in [4.69, 9.17) is 0 Å². The highest BCUT2D eigenvalue weighted by molar-refractivity contribution is 5.77. The zero-order valence-corrected chi connectivity index (χ0v) is 8.45. The summed E-state index contributed by atoms with van der Waals surface area (Å²) in [6.07, 6.45) is 1.60. The minimum Gasteiger partial charge on any atom is -0.348 e. The maximum Gasteiger partial charge on any atom is 0.234 e. The van der Waals surface area contributed by atoms with Gasteiger partial charge in [0.1, 0.15) is 6.33 Å². The van der Waals surface area contributed by atoms with E-state index in [9.17, 15) is 4.79 Å².